The molecule has 0 aromatic rings. The lowest BCUT2D eigenvalue weighted by molar-refractivity contribution is -0.416. The normalized spacial score (nSPS) is 13.7. The van der Waals surface area contributed by atoms with E-state index < -0.39 is 5.60 Å². The van der Waals surface area contributed by atoms with Gasteiger partial charge in [0.05, 0.1) is 13.2 Å². The highest BCUT2D eigenvalue weighted by atomic mass is 17.2. The van der Waals surface area contributed by atoms with Gasteiger partial charge in [-0.15, -0.1) is 0 Å². The molecule has 0 aliphatic carbocycles. The van der Waals surface area contributed by atoms with Crippen LogP contribution in [0, 0.1) is 0 Å². The molecule has 0 bridgehead atoms. The van der Waals surface area contributed by atoms with Gasteiger partial charge in [-0.3, -0.25) is 0 Å². The summed E-state index contributed by atoms with van der Waals surface area (Å²) in [4.78, 5) is 21.7. The van der Waals surface area contributed by atoms with Gasteiger partial charge in [-0.25, -0.2) is 19.6 Å². The minimum atomic E-state index is -0.505. The van der Waals surface area contributed by atoms with E-state index in [9.17, 15) is 0 Å². The van der Waals surface area contributed by atoms with Crippen molar-refractivity contribution in [3.63, 3.8) is 0 Å². The van der Waals surface area contributed by atoms with Gasteiger partial charge in [-0.1, -0.05) is 46.5 Å². The standard InChI is InChI=1S/C16H34O4/c1-6-9-12-15(19-17-13-10-7-2)16(4,5)20-18-14-11-8-3/h15H,6-14H2,1-5H3. The number of rotatable bonds is 14. The highest BCUT2D eigenvalue weighted by Gasteiger charge is 2.33. The average molecular weight is 290 g/mol. The largest absolute Gasteiger partial charge is 0.236 e. The van der Waals surface area contributed by atoms with Gasteiger partial charge < -0.3 is 0 Å². The van der Waals surface area contributed by atoms with E-state index in [0.717, 1.165) is 44.9 Å². The average Bonchev–Trinajstić information content (AvgIpc) is 2.42. The Morgan fingerprint density at radius 3 is 1.90 bits per heavy atom. The van der Waals surface area contributed by atoms with Gasteiger partial charge in [0.2, 0.25) is 0 Å². The summed E-state index contributed by atoms with van der Waals surface area (Å²) in [6.07, 6.45) is 7.22. The van der Waals surface area contributed by atoms with E-state index in [0.29, 0.717) is 13.2 Å². The Labute approximate surface area is 125 Å². The summed E-state index contributed by atoms with van der Waals surface area (Å²) in [7, 11) is 0. The van der Waals surface area contributed by atoms with E-state index >= 15 is 0 Å². The van der Waals surface area contributed by atoms with Gasteiger partial charge in [-0.2, -0.15) is 0 Å². The Hall–Kier alpha value is -0.160. The molecule has 0 heterocycles. The van der Waals surface area contributed by atoms with Crippen molar-refractivity contribution in [3.05, 3.63) is 0 Å². The number of hydrogen-bond donors (Lipinski definition) is 0. The topological polar surface area (TPSA) is 36.9 Å². The fourth-order valence-corrected chi connectivity index (χ4v) is 1.69. The predicted molar refractivity (Wildman–Crippen MR) is 81.3 cm³/mol. The first-order valence-corrected chi connectivity index (χ1v) is 8.17. The fraction of sp³-hybridized carbons (Fsp3) is 1.00. The maximum Gasteiger partial charge on any atom is 0.127 e. The molecule has 0 aromatic heterocycles. The van der Waals surface area contributed by atoms with Crippen LogP contribution in [0.25, 0.3) is 0 Å². The zero-order valence-electron chi connectivity index (χ0n) is 14.1. The first-order chi connectivity index (χ1) is 9.58. The summed E-state index contributed by atoms with van der Waals surface area (Å²) in [6, 6.07) is 0. The molecule has 1 unspecified atom stereocenters. The van der Waals surface area contributed by atoms with E-state index in [2.05, 4.69) is 20.8 Å². The molecule has 0 aliphatic heterocycles. The number of unbranched alkanes of at least 4 members (excludes halogenated alkanes) is 3. The Morgan fingerprint density at radius 2 is 1.35 bits per heavy atom. The maximum absolute atomic E-state index is 5.56. The molecule has 0 saturated heterocycles. The van der Waals surface area contributed by atoms with Crippen LogP contribution in [0.5, 0.6) is 0 Å². The molecule has 0 radical (unpaired) electrons. The van der Waals surface area contributed by atoms with Crippen LogP contribution in [-0.2, 0) is 19.6 Å². The molecule has 0 fully saturated rings. The second-order valence-electron chi connectivity index (χ2n) is 5.76. The Bertz CT molecular complexity index is 207. The van der Waals surface area contributed by atoms with Crippen LogP contribution in [0.2, 0.25) is 0 Å². The third kappa shape index (κ3) is 9.70. The Balaban J connectivity index is 4.17. The molecule has 4 heteroatoms. The molecule has 0 saturated carbocycles. The summed E-state index contributed by atoms with van der Waals surface area (Å²) in [6.45, 7) is 11.7. The summed E-state index contributed by atoms with van der Waals surface area (Å²) in [5.41, 5.74) is -0.505. The van der Waals surface area contributed by atoms with Crippen LogP contribution in [0.1, 0.15) is 79.6 Å². The third-order valence-electron chi connectivity index (χ3n) is 3.22. The smallest absolute Gasteiger partial charge is 0.127 e. The van der Waals surface area contributed by atoms with E-state index in [1.807, 2.05) is 13.8 Å². The van der Waals surface area contributed by atoms with E-state index in [1.165, 1.54) is 0 Å². The van der Waals surface area contributed by atoms with Gasteiger partial charge in [-0.05, 0) is 33.1 Å². The Morgan fingerprint density at radius 1 is 0.800 bits per heavy atom. The quantitative estimate of drug-likeness (QED) is 0.261. The van der Waals surface area contributed by atoms with Crippen LogP contribution in [0.4, 0.5) is 0 Å². The molecule has 20 heavy (non-hydrogen) atoms. The molecule has 0 aliphatic rings. The zero-order chi connectivity index (χ0) is 15.3. The lowest BCUT2D eigenvalue weighted by Crippen LogP contribution is -2.41. The van der Waals surface area contributed by atoms with Crippen molar-refractivity contribution >= 4 is 0 Å². The van der Waals surface area contributed by atoms with E-state index in [-0.39, 0.29) is 6.10 Å². The second kappa shape index (κ2) is 12.6. The first-order valence-electron chi connectivity index (χ1n) is 8.17. The molecular weight excluding hydrogens is 256 g/mol. The van der Waals surface area contributed by atoms with Gasteiger partial charge in [0.15, 0.2) is 0 Å². The summed E-state index contributed by atoms with van der Waals surface area (Å²) < 4.78 is 0. The van der Waals surface area contributed by atoms with Crippen molar-refractivity contribution in [3.8, 4) is 0 Å². The van der Waals surface area contributed by atoms with Crippen LogP contribution in [-0.4, -0.2) is 24.9 Å². The van der Waals surface area contributed by atoms with E-state index in [4.69, 9.17) is 19.6 Å². The maximum atomic E-state index is 5.56. The Kier molecular flexibility index (Phi) is 12.5. The van der Waals surface area contributed by atoms with Crippen molar-refractivity contribution in [2.75, 3.05) is 13.2 Å². The molecule has 0 spiro atoms. The zero-order valence-corrected chi connectivity index (χ0v) is 14.1. The van der Waals surface area contributed by atoms with Crippen molar-refractivity contribution in [1.82, 2.24) is 0 Å². The van der Waals surface area contributed by atoms with Gasteiger partial charge in [0, 0.05) is 0 Å². The lowest BCUT2D eigenvalue weighted by Gasteiger charge is -2.31. The lowest BCUT2D eigenvalue weighted by atomic mass is 9.97. The van der Waals surface area contributed by atoms with E-state index in [1.54, 1.807) is 0 Å². The SMILES string of the molecule is CCCCOOC(CCCC)C(C)(C)OOCCCC. The molecule has 0 aromatic carbocycles. The molecule has 0 N–H and O–H groups in total. The molecule has 0 rings (SSSR count). The van der Waals surface area contributed by atoms with Crippen LogP contribution in [0.15, 0.2) is 0 Å². The number of hydrogen-bond acceptors (Lipinski definition) is 4. The van der Waals surface area contributed by atoms with Crippen molar-refractivity contribution in [2.24, 2.45) is 0 Å². The molecule has 4 nitrogen and oxygen atoms in total. The van der Waals surface area contributed by atoms with Crippen LogP contribution < -0.4 is 0 Å². The predicted octanol–water partition coefficient (Wildman–Crippen LogP) is 4.82. The molecule has 122 valence electrons. The highest BCUT2D eigenvalue weighted by Crippen LogP contribution is 2.23. The summed E-state index contributed by atoms with van der Waals surface area (Å²) in [5, 5.41) is 0. The second-order valence-corrected chi connectivity index (χ2v) is 5.76. The minimum absolute atomic E-state index is 0.110. The first kappa shape index (κ1) is 19.8. The van der Waals surface area contributed by atoms with Crippen molar-refractivity contribution in [1.29, 1.82) is 0 Å². The van der Waals surface area contributed by atoms with Crippen molar-refractivity contribution in [2.45, 2.75) is 91.3 Å². The van der Waals surface area contributed by atoms with Gasteiger partial charge >= 0.3 is 0 Å². The summed E-state index contributed by atoms with van der Waals surface area (Å²) in [5.74, 6) is 0. The van der Waals surface area contributed by atoms with Crippen LogP contribution >= 0.6 is 0 Å². The van der Waals surface area contributed by atoms with Gasteiger partial charge in [0.1, 0.15) is 11.7 Å². The van der Waals surface area contributed by atoms with Gasteiger partial charge in [0.25, 0.3) is 0 Å². The molecule has 0 amide bonds. The van der Waals surface area contributed by atoms with Crippen LogP contribution in [0.3, 0.4) is 0 Å². The van der Waals surface area contributed by atoms with Crippen molar-refractivity contribution < 1.29 is 19.6 Å². The molecule has 1 atom stereocenters. The molecular formula is C16H34O4. The summed E-state index contributed by atoms with van der Waals surface area (Å²) >= 11 is 0. The monoisotopic (exact) mass is 290 g/mol. The highest BCUT2D eigenvalue weighted by molar-refractivity contribution is 4.78. The minimum Gasteiger partial charge on any atom is -0.236 e. The third-order valence-corrected chi connectivity index (χ3v) is 3.22. The fourth-order valence-electron chi connectivity index (χ4n) is 1.69.